The summed E-state index contributed by atoms with van der Waals surface area (Å²) in [6.45, 7) is 2.23. The lowest BCUT2D eigenvalue weighted by Crippen LogP contribution is -2.58. The van der Waals surface area contributed by atoms with Crippen molar-refractivity contribution in [3.8, 4) is 0 Å². The van der Waals surface area contributed by atoms with Gasteiger partial charge in [-0.2, -0.15) is 0 Å². The molecule has 0 aromatic heterocycles. The topological polar surface area (TPSA) is 90.4 Å². The van der Waals surface area contributed by atoms with Gasteiger partial charge in [0.2, 0.25) is 11.8 Å². The van der Waals surface area contributed by atoms with Gasteiger partial charge in [-0.05, 0) is 41.5 Å². The van der Waals surface area contributed by atoms with Crippen molar-refractivity contribution in [2.45, 2.75) is 37.1 Å². The van der Waals surface area contributed by atoms with Gasteiger partial charge in [0, 0.05) is 24.5 Å². The van der Waals surface area contributed by atoms with Crippen molar-refractivity contribution in [2.75, 3.05) is 29.5 Å². The lowest BCUT2D eigenvalue weighted by molar-refractivity contribution is -0.144. The molecule has 3 aromatic carbocycles. The van der Waals surface area contributed by atoms with Crippen LogP contribution < -0.4 is 9.80 Å². The maximum atomic E-state index is 14.7. The summed E-state index contributed by atoms with van der Waals surface area (Å²) in [5.74, 6) is -2.55. The number of carbonyl (C=O) groups excluding carboxylic acids is 3. The molecular weight excluding hydrogens is 530 g/mol. The molecule has 0 saturated carbocycles. The van der Waals surface area contributed by atoms with Gasteiger partial charge in [-0.1, -0.05) is 79.8 Å². The number of nitrogens with zero attached hydrogens (tertiary/aromatic N) is 3. The van der Waals surface area contributed by atoms with Crippen LogP contribution in [0.15, 0.2) is 97.1 Å². The molecule has 2 fully saturated rings. The summed E-state index contributed by atoms with van der Waals surface area (Å²) < 4.78 is 6.75. The van der Waals surface area contributed by atoms with Crippen LogP contribution in [0.4, 0.5) is 11.4 Å². The predicted molar refractivity (Wildman–Crippen MR) is 160 cm³/mol. The maximum Gasteiger partial charge on any atom is 0.253 e. The van der Waals surface area contributed by atoms with Gasteiger partial charge in [0.15, 0.2) is 0 Å². The van der Waals surface area contributed by atoms with Crippen LogP contribution in [0.5, 0.6) is 0 Å². The highest BCUT2D eigenvalue weighted by atomic mass is 16.5. The average molecular weight is 564 g/mol. The van der Waals surface area contributed by atoms with E-state index >= 15 is 0 Å². The van der Waals surface area contributed by atoms with E-state index in [0.717, 1.165) is 16.5 Å². The van der Waals surface area contributed by atoms with Crippen LogP contribution in [0.2, 0.25) is 0 Å². The fraction of sp³-hybridized carbons (Fsp3) is 0.324. The van der Waals surface area contributed by atoms with E-state index in [1.807, 2.05) is 104 Å². The molecule has 7 rings (SSSR count). The second-order valence-electron chi connectivity index (χ2n) is 11.4. The van der Waals surface area contributed by atoms with Crippen molar-refractivity contribution in [2.24, 2.45) is 11.8 Å². The minimum atomic E-state index is -1.35. The van der Waals surface area contributed by atoms with Crippen LogP contribution in [-0.4, -0.2) is 71.2 Å². The Labute approximate surface area is 244 Å². The molecule has 4 aliphatic heterocycles. The number of fused-ring (bicyclic) bond motifs is 3. The number of rotatable bonds is 5. The molecule has 2 saturated heterocycles. The van der Waals surface area contributed by atoms with Gasteiger partial charge in [-0.15, -0.1) is 0 Å². The van der Waals surface area contributed by atoms with Crippen LogP contribution in [0.3, 0.4) is 0 Å². The van der Waals surface area contributed by atoms with Gasteiger partial charge in [-0.3, -0.25) is 14.4 Å². The zero-order valence-corrected chi connectivity index (χ0v) is 23.4. The number of carbonyl (C=O) groups is 3. The van der Waals surface area contributed by atoms with E-state index in [2.05, 4.69) is 0 Å². The SMILES string of the molecule is CC[C@@H](CO)N1C(=O)[C@@H]2[C@H]3C(=O)N(c4ccccc4)CC=C[C@H]3O[C@@]23C=CCN(c2ccc4ccccc4c2)C(=O)C13. The van der Waals surface area contributed by atoms with Crippen molar-refractivity contribution in [3.05, 3.63) is 97.1 Å². The van der Waals surface area contributed by atoms with Crippen LogP contribution in [0, 0.1) is 11.8 Å². The van der Waals surface area contributed by atoms with Crippen LogP contribution >= 0.6 is 0 Å². The van der Waals surface area contributed by atoms with Crippen molar-refractivity contribution >= 4 is 39.9 Å². The third kappa shape index (κ3) is 3.86. The number of likely N-dealkylation sites (tertiary alicyclic amines) is 1. The van der Waals surface area contributed by atoms with E-state index < -0.39 is 35.6 Å². The third-order valence-electron chi connectivity index (χ3n) is 9.28. The standard InChI is InChI=1S/C34H33N3O5/c1-2-24(21-38)37-30-33(41)36(26-16-15-22-10-6-7-11-23(22)20-26)19-9-17-34(30)29(32(37)40)28-27(42-34)14-8-18-35(31(28)39)25-12-4-3-5-13-25/h3-17,20,24,27-30,38H,2,18-19,21H2,1H3/t24-,27+,28-,29-,30?,34-/m0/s1. The Morgan fingerprint density at radius 1 is 0.857 bits per heavy atom. The molecule has 6 atom stereocenters. The van der Waals surface area contributed by atoms with E-state index in [-0.39, 0.29) is 24.3 Å². The summed E-state index contributed by atoms with van der Waals surface area (Å²) in [7, 11) is 0. The van der Waals surface area contributed by atoms with Crippen molar-refractivity contribution in [1.82, 2.24) is 4.90 Å². The number of hydrogen-bond acceptors (Lipinski definition) is 5. The van der Waals surface area contributed by atoms with E-state index in [4.69, 9.17) is 4.74 Å². The van der Waals surface area contributed by atoms with E-state index in [0.29, 0.717) is 25.2 Å². The monoisotopic (exact) mass is 563 g/mol. The van der Waals surface area contributed by atoms with Crippen LogP contribution in [-0.2, 0) is 19.1 Å². The first-order valence-electron chi connectivity index (χ1n) is 14.6. The molecule has 3 amide bonds. The zero-order valence-electron chi connectivity index (χ0n) is 23.4. The molecule has 8 nitrogen and oxygen atoms in total. The van der Waals surface area contributed by atoms with E-state index in [1.165, 1.54) is 4.90 Å². The highest BCUT2D eigenvalue weighted by Crippen LogP contribution is 2.54. The van der Waals surface area contributed by atoms with Crippen molar-refractivity contribution in [1.29, 1.82) is 0 Å². The normalized spacial score (nSPS) is 29.4. The van der Waals surface area contributed by atoms with E-state index in [1.54, 1.807) is 9.80 Å². The van der Waals surface area contributed by atoms with Crippen molar-refractivity contribution in [3.63, 3.8) is 0 Å². The maximum absolute atomic E-state index is 14.7. The molecule has 0 aliphatic carbocycles. The fourth-order valence-electron chi connectivity index (χ4n) is 7.30. The fourth-order valence-corrected chi connectivity index (χ4v) is 7.30. The van der Waals surface area contributed by atoms with Gasteiger partial charge >= 0.3 is 0 Å². The van der Waals surface area contributed by atoms with Crippen LogP contribution in [0.1, 0.15) is 13.3 Å². The molecule has 0 radical (unpaired) electrons. The van der Waals surface area contributed by atoms with E-state index in [9.17, 15) is 19.5 Å². The highest BCUT2D eigenvalue weighted by molar-refractivity contribution is 6.08. The summed E-state index contributed by atoms with van der Waals surface area (Å²) in [5, 5.41) is 12.4. The largest absolute Gasteiger partial charge is 0.394 e. The molecule has 1 spiro atoms. The molecule has 214 valence electrons. The number of hydrogen-bond donors (Lipinski definition) is 1. The Kier molecular flexibility index (Phi) is 6.48. The minimum Gasteiger partial charge on any atom is -0.394 e. The lowest BCUT2D eigenvalue weighted by atomic mass is 9.77. The molecule has 1 N–H and O–H groups in total. The summed E-state index contributed by atoms with van der Waals surface area (Å²) >= 11 is 0. The first-order chi connectivity index (χ1) is 20.5. The summed E-state index contributed by atoms with van der Waals surface area (Å²) in [6, 6.07) is 21.6. The predicted octanol–water partition coefficient (Wildman–Crippen LogP) is 3.70. The van der Waals surface area contributed by atoms with Crippen molar-refractivity contribution < 1.29 is 24.2 Å². The Hall–Kier alpha value is -4.27. The Morgan fingerprint density at radius 3 is 2.33 bits per heavy atom. The zero-order chi connectivity index (χ0) is 29.0. The third-order valence-corrected chi connectivity index (χ3v) is 9.28. The first kappa shape index (κ1) is 26.6. The molecule has 8 heteroatoms. The molecule has 4 heterocycles. The average Bonchev–Trinajstić information content (AvgIpc) is 3.33. The lowest BCUT2D eigenvalue weighted by Gasteiger charge is -2.38. The van der Waals surface area contributed by atoms with Gasteiger partial charge in [0.25, 0.3) is 5.91 Å². The number of aliphatic hydroxyl groups is 1. The second kappa shape index (κ2) is 10.2. The van der Waals surface area contributed by atoms with Gasteiger partial charge in [-0.25, -0.2) is 0 Å². The smallest absolute Gasteiger partial charge is 0.253 e. The Morgan fingerprint density at radius 2 is 1.57 bits per heavy atom. The summed E-state index contributed by atoms with van der Waals surface area (Å²) in [6.07, 6.45) is 7.27. The highest BCUT2D eigenvalue weighted by Gasteiger charge is 2.72. The second-order valence-corrected chi connectivity index (χ2v) is 11.4. The number of aliphatic hydroxyl groups excluding tert-OH is 1. The van der Waals surface area contributed by atoms with Crippen LogP contribution in [0.25, 0.3) is 10.8 Å². The minimum absolute atomic E-state index is 0.208. The first-order valence-corrected chi connectivity index (χ1v) is 14.6. The molecular formula is C34H33N3O5. The molecule has 1 unspecified atom stereocenters. The number of benzene rings is 3. The number of ether oxygens (including phenoxy) is 1. The van der Waals surface area contributed by atoms with Gasteiger partial charge < -0.3 is 24.5 Å². The molecule has 3 aromatic rings. The summed E-state index contributed by atoms with van der Waals surface area (Å²) in [5.41, 5.74) is 0.105. The Bertz CT molecular complexity index is 1620. The molecule has 4 aliphatic rings. The molecule has 0 bridgehead atoms. The Balaban J connectivity index is 1.34. The molecule has 42 heavy (non-hydrogen) atoms. The summed E-state index contributed by atoms with van der Waals surface area (Å²) in [4.78, 5) is 48.3. The number of amides is 3. The number of para-hydroxylation sites is 1. The van der Waals surface area contributed by atoms with Gasteiger partial charge in [0.1, 0.15) is 11.6 Å². The number of anilines is 2. The van der Waals surface area contributed by atoms with Gasteiger partial charge in [0.05, 0.1) is 30.6 Å². The quantitative estimate of drug-likeness (QED) is 0.479.